The van der Waals surface area contributed by atoms with E-state index < -0.39 is 77.6 Å². The summed E-state index contributed by atoms with van der Waals surface area (Å²) in [6.45, 7) is 25.8. The average Bonchev–Trinajstić information content (AvgIpc) is 0.854. The molecule has 17 N–H and O–H groups in total. The largest absolute Gasteiger partial charge is 1.00 e. The second kappa shape index (κ2) is 45.2. The van der Waals surface area contributed by atoms with Crippen LogP contribution in [0.25, 0.3) is 0 Å². The number of phenolic OH excluding ortho intramolecular Hbond substituents is 2. The number of fused-ring (bicyclic) bond motifs is 4. The predicted molar refractivity (Wildman–Crippen MR) is 356 cm³/mol. The molecule has 27 heteroatoms. The number of carboxylic acids is 1. The minimum absolute atomic E-state index is 0. The van der Waals surface area contributed by atoms with E-state index in [1.165, 1.54) is 26.4 Å². The number of benzene rings is 1. The molecule has 4 amide bonds. The van der Waals surface area contributed by atoms with Crippen LogP contribution < -0.4 is 56.4 Å². The number of aliphatic hydroxyl groups is 2. The fraction of sp³-hybridized carbons (Fsp3) is 0.493. The Kier molecular flexibility index (Phi) is 42.7. The molecule has 4 rings (SSSR count). The number of carboxylic acid groups (broad SMARTS) is 1. The van der Waals surface area contributed by atoms with E-state index in [1.807, 2.05) is 60.6 Å². The molecule has 0 fully saturated rings. The quantitative estimate of drug-likeness (QED) is 0.0356. The van der Waals surface area contributed by atoms with Crippen LogP contribution in [0.1, 0.15) is 107 Å². The maximum absolute atomic E-state index is 13.6. The Morgan fingerprint density at radius 1 is 0.766 bits per heavy atom. The van der Waals surface area contributed by atoms with Gasteiger partial charge in [0.1, 0.15) is 24.5 Å². The van der Waals surface area contributed by atoms with Crippen molar-refractivity contribution in [3.8, 4) is 11.5 Å². The number of aliphatic hydroxyl groups excluding tert-OH is 2. The first-order valence-corrected chi connectivity index (χ1v) is 30.6. The molecule has 0 saturated carbocycles. The van der Waals surface area contributed by atoms with E-state index >= 15 is 0 Å². The number of carbonyl (C=O) groups is 8. The second-order valence-corrected chi connectivity index (χ2v) is 23.5. The van der Waals surface area contributed by atoms with Crippen LogP contribution in [0, 0.1) is 35.5 Å². The van der Waals surface area contributed by atoms with E-state index in [4.69, 9.17) is 42.0 Å². The van der Waals surface area contributed by atoms with Gasteiger partial charge in [-0.3, -0.25) is 24.0 Å². The van der Waals surface area contributed by atoms with Crippen LogP contribution in [-0.4, -0.2) is 138 Å². The van der Waals surface area contributed by atoms with Crippen molar-refractivity contribution >= 4 is 82.2 Å². The summed E-state index contributed by atoms with van der Waals surface area (Å²) in [5.41, 5.74) is 22.2. The summed E-state index contributed by atoms with van der Waals surface area (Å²) in [7, 11) is 3.05. The van der Waals surface area contributed by atoms with Gasteiger partial charge in [-0.25, -0.2) is 9.59 Å². The minimum Gasteiger partial charge on any atom is -1.00 e. The Balaban J connectivity index is 0. The number of aromatic hydroxyl groups is 2. The monoisotopic (exact) mass is 1380 g/mol. The molecule has 2 aliphatic heterocycles. The van der Waals surface area contributed by atoms with Gasteiger partial charge in [0.15, 0.2) is 17.2 Å². The summed E-state index contributed by atoms with van der Waals surface area (Å²) < 4.78 is 22.2. The molecule has 12 atom stereocenters. The highest BCUT2D eigenvalue weighted by Gasteiger charge is 2.34. The number of carbonyl (C=O) groups excluding carboxylic acids is 8. The van der Waals surface area contributed by atoms with Gasteiger partial charge in [-0.05, 0) is 107 Å². The number of hydrogen-bond acceptors (Lipinski definition) is 18. The van der Waals surface area contributed by atoms with Gasteiger partial charge in [-0.15, -0.1) is 19.0 Å². The number of rotatable bonds is 12. The van der Waals surface area contributed by atoms with Gasteiger partial charge in [0.2, 0.25) is 11.0 Å². The number of Topliss-reactive ketones (excluding diaryl/α,β-unsaturated/α-hetero) is 1. The molecule has 3 aliphatic rings. The molecule has 1 aliphatic carbocycles. The third kappa shape index (κ3) is 30.0. The van der Waals surface area contributed by atoms with Gasteiger partial charge in [0.05, 0.1) is 60.4 Å². The lowest BCUT2D eigenvalue weighted by molar-refractivity contribution is -0.562. The summed E-state index contributed by atoms with van der Waals surface area (Å²) in [6.07, 6.45) is 14.5. The third-order valence-corrected chi connectivity index (χ3v) is 15.4. The van der Waals surface area contributed by atoms with Crippen molar-refractivity contribution in [1.82, 2.24) is 5.32 Å². The van der Waals surface area contributed by atoms with Crippen LogP contribution in [0.4, 0.5) is 21.0 Å². The topological polar surface area (TPSA) is 424 Å². The molecule has 4 bridgehead atoms. The average molecular weight is 1380 g/mol. The number of quaternary nitrogens is 2. The molecule has 2 heterocycles. The predicted octanol–water partition coefficient (Wildman–Crippen LogP) is 2.07. The number of halogens is 3. The molecule has 0 aromatic heterocycles. The fourth-order valence-corrected chi connectivity index (χ4v) is 10.3. The summed E-state index contributed by atoms with van der Waals surface area (Å²) in [5, 5.41) is 60.3. The molecular weight excluding hydrogens is 1280 g/mol. The molecule has 526 valence electrons. The van der Waals surface area contributed by atoms with E-state index in [2.05, 4.69) is 35.3 Å². The Morgan fingerprint density at radius 2 is 1.20 bits per heavy atom. The Hall–Kier alpha value is -7.23. The first-order valence-electron chi connectivity index (χ1n) is 30.2. The van der Waals surface area contributed by atoms with Gasteiger partial charge in [0, 0.05) is 72.3 Å². The van der Waals surface area contributed by atoms with Gasteiger partial charge in [-0.2, -0.15) is 0 Å². The van der Waals surface area contributed by atoms with Crippen molar-refractivity contribution in [3.05, 3.63) is 131 Å². The lowest BCUT2D eigenvalue weighted by atomic mass is 9.82. The summed E-state index contributed by atoms with van der Waals surface area (Å²) in [4.78, 5) is 94.6. The number of hydrogen-bond donors (Lipinski definition) is 11. The van der Waals surface area contributed by atoms with Crippen molar-refractivity contribution in [3.63, 3.8) is 0 Å². The molecule has 0 spiro atoms. The lowest BCUT2D eigenvalue weighted by Gasteiger charge is -2.29. The van der Waals surface area contributed by atoms with Crippen LogP contribution in [0.5, 0.6) is 11.5 Å². The van der Waals surface area contributed by atoms with E-state index in [0.29, 0.717) is 83.3 Å². The number of methoxy groups -OCH3 is 2. The summed E-state index contributed by atoms with van der Waals surface area (Å²) in [5.74, 6) is -4.63. The van der Waals surface area contributed by atoms with Gasteiger partial charge in [-0.1, -0.05) is 103 Å². The highest BCUT2D eigenvalue weighted by atomic mass is 35.5. The zero-order valence-corrected chi connectivity index (χ0v) is 58.2. The number of ether oxygens (including phenoxy) is 4. The highest BCUT2D eigenvalue weighted by molar-refractivity contribution is 6.64. The Morgan fingerprint density at radius 3 is 1.60 bits per heavy atom. The number of primary amides is 2. The third-order valence-electron chi connectivity index (χ3n) is 15.3. The number of nitrogens with two attached hydrogens (primary N) is 4. The molecule has 0 saturated heterocycles. The molecule has 24 nitrogen and oxygen atoms in total. The van der Waals surface area contributed by atoms with E-state index in [0.717, 1.165) is 0 Å². The molecule has 0 unspecified atom stereocenters. The standard InChI is InChI=1S/C32H44N2O7.C31H45N3O7.C2H4ClNO.C2H5NO2.2ClH/c1-8-9-13-23-24-14-18(2)15-27(40-7)28(36)21(5)16-22(6)30(41-32(33)39)19(3)11-10-12-20(4)31(38)34-25(29(24)37)17-26(23)35;1-8-12-33-26-22-13-17(2)14-25(40-7)27(36)20(5)15-21(6)29(41-31(32)39)18(3)10-9-11-19(4)30(38)34-23(28(22)37)16-24(26)35;3-2(5)1-4;3-1-2(4)5;;/h8,10-12,16-19,21,27-28,30,36H,1,9,13-15H2,2-7H3,(H2,33,39)(H,34,38);8-11,15-18,20,25,27,29,33,35-37H,1,12-14H2,2-7H3,(H2,32,39)(H,34,38);1,4H2;1,3H2,(H,4,5);2*1H/b11-10-,20-12+,22-16+;10-9-,19-11+,21-15+;;;;/t18-,19+,21+,27+,28-,30-;17-,18+,20+,25+,27-,29-;;;;/m11..../s1. The highest BCUT2D eigenvalue weighted by Crippen LogP contribution is 2.41. The van der Waals surface area contributed by atoms with Gasteiger partial charge < -0.3 is 101 Å². The zero-order chi connectivity index (χ0) is 70.3. The van der Waals surface area contributed by atoms with Gasteiger partial charge in [0.25, 0.3) is 11.8 Å². The number of nitrogens with one attached hydrogen (secondary N) is 2. The van der Waals surface area contributed by atoms with Crippen molar-refractivity contribution in [1.29, 1.82) is 0 Å². The Bertz CT molecular complexity index is 3020. The molecular formula is C67H100Cl3N7O17. The Labute approximate surface area is 569 Å². The van der Waals surface area contributed by atoms with Crippen molar-refractivity contribution in [2.24, 2.45) is 52.7 Å². The number of aliphatic carboxylic acids is 1. The summed E-state index contributed by atoms with van der Waals surface area (Å²) in [6, 6.07) is 1.33. The summed E-state index contributed by atoms with van der Waals surface area (Å²) >= 11 is 4.70. The van der Waals surface area contributed by atoms with Gasteiger partial charge >= 0.3 is 12.2 Å². The van der Waals surface area contributed by atoms with E-state index in [9.17, 15) is 63.9 Å². The maximum Gasteiger partial charge on any atom is 0.405 e. The van der Waals surface area contributed by atoms with E-state index in [-0.39, 0.29) is 108 Å². The first-order chi connectivity index (χ1) is 43.1. The first kappa shape index (κ1) is 88.8. The molecule has 1 aromatic rings. The van der Waals surface area contributed by atoms with Crippen LogP contribution in [0.15, 0.2) is 125 Å². The smallest absolute Gasteiger partial charge is 0.405 e. The fourth-order valence-electron chi connectivity index (χ4n) is 10.3. The molecule has 1 aromatic carbocycles. The van der Waals surface area contributed by atoms with Crippen molar-refractivity contribution < 1.29 is 106 Å². The number of phenols is 2. The second-order valence-electron chi connectivity index (χ2n) is 23.1. The number of ketones is 2. The normalized spacial score (nSPS) is 27.8. The van der Waals surface area contributed by atoms with Crippen molar-refractivity contribution in [2.75, 3.05) is 39.2 Å². The number of anilines is 1. The van der Waals surface area contributed by atoms with Crippen LogP contribution in [0.3, 0.4) is 0 Å². The molecule has 94 heavy (non-hydrogen) atoms. The lowest BCUT2D eigenvalue weighted by Crippen LogP contribution is -3.00. The number of amides is 4. The molecule has 0 radical (unpaired) electrons. The van der Waals surface area contributed by atoms with Crippen molar-refractivity contribution in [2.45, 2.75) is 144 Å². The van der Waals surface area contributed by atoms with Crippen LogP contribution in [0.2, 0.25) is 0 Å². The zero-order valence-electron chi connectivity index (χ0n) is 55.9. The number of allylic oxidation sites excluding steroid dienone is 8. The van der Waals surface area contributed by atoms with Crippen LogP contribution >= 0.6 is 24.0 Å². The minimum atomic E-state index is -1.11. The maximum atomic E-state index is 13.6. The van der Waals surface area contributed by atoms with Crippen LogP contribution in [-0.2, 0) is 54.1 Å². The SMILES string of the molecule is C=CCCC1=C2C[C@@H](C)C[C@H](OC)[C@H](O)[C@@H](C)/C=C(\C)[C@H](OC(N)=O)[C@@H](C)/C=C\C=C(/C)C(=O)NC(=CC1=O)C2=O.C=CC[NH2+]c1c(O)cc2c(O)c1C[C@@H](C)C[C@H](OC)[C@H](O)[C@@H](C)/C=C(\C)[C@H](OC(N)=O)[C@@H](C)/C=C\C=C(/C)C(=O)N2.Cl.NCC(=O)Cl.[Cl-].[NH3+]CC(=O)[O-]. The van der Waals surface area contributed by atoms with E-state index in [1.54, 1.807) is 74.7 Å².